The van der Waals surface area contributed by atoms with Crippen molar-refractivity contribution in [1.29, 1.82) is 0 Å². The van der Waals surface area contributed by atoms with E-state index in [1.165, 1.54) is 31.2 Å². The Morgan fingerprint density at radius 1 is 1.20 bits per heavy atom. The minimum absolute atomic E-state index is 0.0463. The monoisotopic (exact) mass is 297 g/mol. The molecule has 0 bridgehead atoms. The van der Waals surface area contributed by atoms with Crippen LogP contribution >= 0.6 is 0 Å². The highest BCUT2D eigenvalue weighted by Crippen LogP contribution is 2.33. The lowest BCUT2D eigenvalue weighted by Gasteiger charge is -2.37. The van der Waals surface area contributed by atoms with Gasteiger partial charge in [0.2, 0.25) is 10.0 Å². The van der Waals surface area contributed by atoms with Crippen molar-refractivity contribution in [2.45, 2.75) is 36.6 Å². The average Bonchev–Trinajstić information content (AvgIpc) is 2.33. The van der Waals surface area contributed by atoms with Gasteiger partial charge in [0.15, 0.2) is 5.78 Å². The van der Waals surface area contributed by atoms with Crippen LogP contribution < -0.4 is 4.72 Å². The zero-order chi connectivity index (χ0) is 15.0. The topological polar surface area (TPSA) is 101 Å². The molecule has 0 aliphatic heterocycles. The molecule has 0 heterocycles. The number of Topliss-reactive ketones (excluding diaryl/α,β-unsaturated/α-hetero) is 1. The van der Waals surface area contributed by atoms with Gasteiger partial charge >= 0.3 is 5.97 Å². The quantitative estimate of drug-likeness (QED) is 0.795. The number of benzene rings is 1. The van der Waals surface area contributed by atoms with Gasteiger partial charge in [-0.1, -0.05) is 12.1 Å². The SMILES string of the molecule is CC(=O)c1ccc(S(=O)(=O)NC2(C(=O)O)CCC2)cc1. The molecule has 6 nitrogen and oxygen atoms in total. The van der Waals surface area contributed by atoms with Crippen LogP contribution in [0.15, 0.2) is 29.2 Å². The van der Waals surface area contributed by atoms with Gasteiger partial charge in [0.05, 0.1) is 4.90 Å². The molecule has 1 aromatic carbocycles. The number of carbonyl (C=O) groups excluding carboxylic acids is 1. The highest BCUT2D eigenvalue weighted by molar-refractivity contribution is 7.89. The number of carbonyl (C=O) groups is 2. The van der Waals surface area contributed by atoms with Crippen LogP contribution in [-0.2, 0) is 14.8 Å². The second kappa shape index (κ2) is 4.99. The number of aliphatic carboxylic acids is 1. The Hall–Kier alpha value is -1.73. The summed E-state index contributed by atoms with van der Waals surface area (Å²) >= 11 is 0. The van der Waals surface area contributed by atoms with Gasteiger partial charge in [0.25, 0.3) is 0 Å². The molecule has 0 unspecified atom stereocenters. The zero-order valence-electron chi connectivity index (χ0n) is 10.9. The first-order chi connectivity index (χ1) is 9.27. The number of sulfonamides is 1. The van der Waals surface area contributed by atoms with Gasteiger partial charge in [-0.3, -0.25) is 9.59 Å². The van der Waals surface area contributed by atoms with Gasteiger partial charge < -0.3 is 5.11 Å². The van der Waals surface area contributed by atoms with Crippen molar-refractivity contribution < 1.29 is 23.1 Å². The van der Waals surface area contributed by atoms with Crippen LogP contribution in [0.25, 0.3) is 0 Å². The predicted octanol–water partition coefficient (Wildman–Crippen LogP) is 1.17. The predicted molar refractivity (Wildman–Crippen MR) is 71.0 cm³/mol. The molecule has 1 aliphatic carbocycles. The van der Waals surface area contributed by atoms with Crippen LogP contribution in [-0.4, -0.2) is 30.8 Å². The second-order valence-corrected chi connectivity index (χ2v) is 6.61. The molecule has 0 saturated heterocycles. The van der Waals surface area contributed by atoms with Crippen LogP contribution in [0.4, 0.5) is 0 Å². The molecule has 1 aromatic rings. The van der Waals surface area contributed by atoms with E-state index in [1.807, 2.05) is 0 Å². The van der Waals surface area contributed by atoms with E-state index in [0.717, 1.165) is 0 Å². The molecule has 7 heteroatoms. The Morgan fingerprint density at radius 3 is 2.10 bits per heavy atom. The third kappa shape index (κ3) is 2.59. The Kier molecular flexibility index (Phi) is 3.66. The standard InChI is InChI=1S/C13H15NO5S/c1-9(15)10-3-5-11(6-4-10)20(18,19)14-13(12(16)17)7-2-8-13/h3-6,14H,2,7-8H2,1H3,(H,16,17). The maximum Gasteiger partial charge on any atom is 0.324 e. The minimum Gasteiger partial charge on any atom is -0.480 e. The number of carboxylic acids is 1. The number of hydrogen-bond acceptors (Lipinski definition) is 4. The number of carboxylic acid groups (broad SMARTS) is 1. The normalized spacial score (nSPS) is 17.2. The summed E-state index contributed by atoms with van der Waals surface area (Å²) in [6, 6.07) is 5.41. The van der Waals surface area contributed by atoms with Gasteiger partial charge in [-0.05, 0) is 38.3 Å². The second-order valence-electron chi connectivity index (χ2n) is 4.93. The van der Waals surface area contributed by atoms with E-state index in [9.17, 15) is 18.0 Å². The molecule has 108 valence electrons. The van der Waals surface area contributed by atoms with Crippen LogP contribution in [0.1, 0.15) is 36.5 Å². The van der Waals surface area contributed by atoms with Gasteiger partial charge in [-0.15, -0.1) is 0 Å². The molecule has 2 rings (SSSR count). The van der Waals surface area contributed by atoms with E-state index in [-0.39, 0.29) is 23.5 Å². The van der Waals surface area contributed by atoms with E-state index in [0.29, 0.717) is 12.0 Å². The Bertz CT molecular complexity index is 644. The average molecular weight is 297 g/mol. The highest BCUT2D eigenvalue weighted by Gasteiger charge is 2.47. The molecule has 0 spiro atoms. The zero-order valence-corrected chi connectivity index (χ0v) is 11.7. The fourth-order valence-corrected chi connectivity index (χ4v) is 3.49. The first-order valence-corrected chi connectivity index (χ1v) is 7.64. The van der Waals surface area contributed by atoms with E-state index >= 15 is 0 Å². The Balaban J connectivity index is 2.26. The molecule has 0 amide bonds. The van der Waals surface area contributed by atoms with Crippen LogP contribution in [0, 0.1) is 0 Å². The van der Waals surface area contributed by atoms with Crippen molar-refractivity contribution in [1.82, 2.24) is 4.72 Å². The Morgan fingerprint density at radius 2 is 1.75 bits per heavy atom. The summed E-state index contributed by atoms with van der Waals surface area (Å²) in [5.74, 6) is -1.32. The van der Waals surface area contributed by atoms with E-state index in [2.05, 4.69) is 4.72 Å². The molecule has 2 N–H and O–H groups in total. The van der Waals surface area contributed by atoms with Crippen LogP contribution in [0.2, 0.25) is 0 Å². The molecule has 0 radical (unpaired) electrons. The van der Waals surface area contributed by atoms with Crippen molar-refractivity contribution in [3.63, 3.8) is 0 Å². The van der Waals surface area contributed by atoms with E-state index < -0.39 is 21.5 Å². The molecular formula is C13H15NO5S. The van der Waals surface area contributed by atoms with Crippen molar-refractivity contribution in [2.24, 2.45) is 0 Å². The summed E-state index contributed by atoms with van der Waals surface area (Å²) in [5.41, 5.74) is -0.988. The lowest BCUT2D eigenvalue weighted by Crippen LogP contribution is -2.58. The third-order valence-corrected chi connectivity index (χ3v) is 5.07. The number of rotatable bonds is 5. The lowest BCUT2D eigenvalue weighted by atomic mass is 9.78. The number of nitrogens with one attached hydrogen (secondary N) is 1. The van der Waals surface area contributed by atoms with Gasteiger partial charge in [0.1, 0.15) is 5.54 Å². The van der Waals surface area contributed by atoms with Crippen molar-refractivity contribution in [2.75, 3.05) is 0 Å². The molecule has 0 aromatic heterocycles. The highest BCUT2D eigenvalue weighted by atomic mass is 32.2. The summed E-state index contributed by atoms with van der Waals surface area (Å²) in [6.45, 7) is 1.38. The minimum atomic E-state index is -3.91. The summed E-state index contributed by atoms with van der Waals surface area (Å²) in [5, 5.41) is 9.14. The molecule has 1 aliphatic rings. The van der Waals surface area contributed by atoms with Crippen LogP contribution in [0.5, 0.6) is 0 Å². The van der Waals surface area contributed by atoms with Crippen molar-refractivity contribution in [3.05, 3.63) is 29.8 Å². The van der Waals surface area contributed by atoms with E-state index in [4.69, 9.17) is 5.11 Å². The summed E-state index contributed by atoms with van der Waals surface area (Å²) in [4.78, 5) is 22.3. The maximum absolute atomic E-state index is 12.2. The van der Waals surface area contributed by atoms with Crippen molar-refractivity contribution >= 4 is 21.8 Å². The largest absolute Gasteiger partial charge is 0.480 e. The first-order valence-electron chi connectivity index (χ1n) is 6.15. The number of ketones is 1. The van der Waals surface area contributed by atoms with Gasteiger partial charge in [0, 0.05) is 5.56 Å². The summed E-state index contributed by atoms with van der Waals surface area (Å²) in [6.07, 6.45) is 1.25. The molecule has 20 heavy (non-hydrogen) atoms. The number of hydrogen-bond donors (Lipinski definition) is 2. The van der Waals surface area contributed by atoms with Crippen LogP contribution in [0.3, 0.4) is 0 Å². The smallest absolute Gasteiger partial charge is 0.324 e. The first kappa shape index (κ1) is 14.7. The van der Waals surface area contributed by atoms with Gasteiger partial charge in [-0.2, -0.15) is 4.72 Å². The van der Waals surface area contributed by atoms with E-state index in [1.54, 1.807) is 0 Å². The van der Waals surface area contributed by atoms with Gasteiger partial charge in [-0.25, -0.2) is 8.42 Å². The Labute approximate surface area is 116 Å². The summed E-state index contributed by atoms with van der Waals surface area (Å²) < 4.78 is 26.6. The molecular weight excluding hydrogens is 282 g/mol. The lowest BCUT2D eigenvalue weighted by molar-refractivity contribution is -0.147. The fourth-order valence-electron chi connectivity index (χ4n) is 2.07. The molecule has 1 saturated carbocycles. The van der Waals surface area contributed by atoms with Crippen molar-refractivity contribution in [3.8, 4) is 0 Å². The maximum atomic E-state index is 12.2. The molecule has 0 atom stereocenters. The fraction of sp³-hybridized carbons (Fsp3) is 0.385. The third-order valence-electron chi connectivity index (χ3n) is 3.52. The summed E-state index contributed by atoms with van der Waals surface area (Å²) in [7, 11) is -3.91. The molecule has 1 fully saturated rings.